The first-order chi connectivity index (χ1) is 9.22. The van der Waals surface area contributed by atoms with Crippen LogP contribution in [-0.2, 0) is 19.9 Å². The molecule has 1 N–H and O–H groups in total. The predicted molar refractivity (Wildman–Crippen MR) is 77.8 cm³/mol. The second-order valence-electron chi connectivity index (χ2n) is 4.54. The zero-order chi connectivity index (χ0) is 13.7. The van der Waals surface area contributed by atoms with Crippen molar-refractivity contribution in [2.24, 2.45) is 7.05 Å². The number of hydrogen-bond acceptors (Lipinski definition) is 3. The van der Waals surface area contributed by atoms with Gasteiger partial charge in [-0.3, -0.25) is 4.68 Å². The number of methoxy groups -OCH3 is 1. The number of ether oxygens (including phenoxy) is 1. The summed E-state index contributed by atoms with van der Waals surface area (Å²) in [5.74, 6) is 0.900. The van der Waals surface area contributed by atoms with E-state index in [1.807, 2.05) is 30.1 Å². The van der Waals surface area contributed by atoms with Crippen molar-refractivity contribution in [3.05, 3.63) is 41.7 Å². The normalized spacial score (nSPS) is 10.5. The largest absolute Gasteiger partial charge is 0.497 e. The maximum absolute atomic E-state index is 5.15. The van der Waals surface area contributed by atoms with Crippen molar-refractivity contribution < 1.29 is 4.74 Å². The molecule has 0 amide bonds. The molecule has 0 saturated heterocycles. The Hall–Kier alpha value is -1.97. The fraction of sp³-hybridized carbons (Fsp3) is 0.400. The molecular formula is C15H21N3O. The predicted octanol–water partition coefficient (Wildman–Crippen LogP) is 2.65. The van der Waals surface area contributed by atoms with Crippen LogP contribution in [0.2, 0.25) is 0 Å². The van der Waals surface area contributed by atoms with Crippen LogP contribution in [0.4, 0.5) is 5.69 Å². The number of nitrogens with zero attached hydrogens (tertiary/aromatic N) is 2. The monoisotopic (exact) mass is 259 g/mol. The zero-order valence-corrected chi connectivity index (χ0v) is 11.8. The van der Waals surface area contributed by atoms with E-state index in [0.29, 0.717) is 0 Å². The number of aromatic nitrogens is 2. The highest BCUT2D eigenvalue weighted by Crippen LogP contribution is 2.15. The lowest BCUT2D eigenvalue weighted by atomic mass is 10.1. The summed E-state index contributed by atoms with van der Waals surface area (Å²) in [7, 11) is 3.64. The SMILES string of the molecule is CCc1nn(C)cc1NCCc1ccc(OC)cc1. The third kappa shape index (κ3) is 3.50. The Morgan fingerprint density at radius 1 is 1.26 bits per heavy atom. The Morgan fingerprint density at radius 3 is 2.63 bits per heavy atom. The van der Waals surface area contributed by atoms with Gasteiger partial charge in [0.2, 0.25) is 0 Å². The minimum absolute atomic E-state index is 0.900. The van der Waals surface area contributed by atoms with E-state index >= 15 is 0 Å². The van der Waals surface area contributed by atoms with Crippen LogP contribution in [0, 0.1) is 0 Å². The van der Waals surface area contributed by atoms with Crippen LogP contribution in [0.1, 0.15) is 18.2 Å². The van der Waals surface area contributed by atoms with E-state index in [0.717, 1.165) is 36.5 Å². The van der Waals surface area contributed by atoms with Crippen LogP contribution in [0.3, 0.4) is 0 Å². The van der Waals surface area contributed by atoms with E-state index in [-0.39, 0.29) is 0 Å². The van der Waals surface area contributed by atoms with Crippen molar-refractivity contribution in [3.8, 4) is 5.75 Å². The molecule has 0 aliphatic rings. The standard InChI is InChI=1S/C15H21N3O/c1-4-14-15(11-18(2)17-14)16-10-9-12-5-7-13(19-3)8-6-12/h5-8,11,16H,4,9-10H2,1-3H3. The second kappa shape index (κ2) is 6.27. The van der Waals surface area contributed by atoms with Gasteiger partial charge in [0.1, 0.15) is 5.75 Å². The molecule has 2 rings (SSSR count). The lowest BCUT2D eigenvalue weighted by molar-refractivity contribution is 0.414. The average Bonchev–Trinajstić information content (AvgIpc) is 2.80. The first-order valence-electron chi connectivity index (χ1n) is 6.62. The van der Waals surface area contributed by atoms with Gasteiger partial charge < -0.3 is 10.1 Å². The Bertz CT molecular complexity index is 517. The highest BCUT2D eigenvalue weighted by molar-refractivity contribution is 5.46. The molecule has 1 aromatic carbocycles. The summed E-state index contributed by atoms with van der Waals surface area (Å²) in [6.07, 6.45) is 3.97. The maximum Gasteiger partial charge on any atom is 0.118 e. The summed E-state index contributed by atoms with van der Waals surface area (Å²) in [5, 5.41) is 7.86. The van der Waals surface area contributed by atoms with E-state index < -0.39 is 0 Å². The van der Waals surface area contributed by atoms with Crippen molar-refractivity contribution in [1.29, 1.82) is 0 Å². The molecule has 0 atom stereocenters. The lowest BCUT2D eigenvalue weighted by Gasteiger charge is -2.06. The first-order valence-corrected chi connectivity index (χ1v) is 6.62. The molecule has 102 valence electrons. The Balaban J connectivity index is 1.88. The Kier molecular flexibility index (Phi) is 4.44. The lowest BCUT2D eigenvalue weighted by Crippen LogP contribution is -2.05. The van der Waals surface area contributed by atoms with Crippen LogP contribution in [0.5, 0.6) is 5.75 Å². The minimum atomic E-state index is 0.900. The smallest absolute Gasteiger partial charge is 0.118 e. The molecule has 0 aliphatic carbocycles. The van der Waals surface area contributed by atoms with Crippen molar-refractivity contribution in [1.82, 2.24) is 9.78 Å². The summed E-state index contributed by atoms with van der Waals surface area (Å²) in [5.41, 5.74) is 3.56. The summed E-state index contributed by atoms with van der Waals surface area (Å²) in [4.78, 5) is 0. The van der Waals surface area contributed by atoms with Gasteiger partial charge in [0.05, 0.1) is 18.5 Å². The molecular weight excluding hydrogens is 238 g/mol. The van der Waals surface area contributed by atoms with E-state index in [4.69, 9.17) is 4.74 Å². The third-order valence-electron chi connectivity index (χ3n) is 3.13. The van der Waals surface area contributed by atoms with Gasteiger partial charge in [0, 0.05) is 19.8 Å². The molecule has 0 spiro atoms. The van der Waals surface area contributed by atoms with Crippen LogP contribution in [0.25, 0.3) is 0 Å². The van der Waals surface area contributed by atoms with Gasteiger partial charge in [0.15, 0.2) is 0 Å². The van der Waals surface area contributed by atoms with Crippen molar-refractivity contribution in [3.63, 3.8) is 0 Å². The van der Waals surface area contributed by atoms with E-state index in [9.17, 15) is 0 Å². The van der Waals surface area contributed by atoms with Crippen molar-refractivity contribution >= 4 is 5.69 Å². The number of benzene rings is 1. The number of anilines is 1. The second-order valence-corrected chi connectivity index (χ2v) is 4.54. The summed E-state index contributed by atoms with van der Waals surface area (Å²) >= 11 is 0. The maximum atomic E-state index is 5.15. The summed E-state index contributed by atoms with van der Waals surface area (Å²) in [6.45, 7) is 3.03. The number of aryl methyl sites for hydroxylation is 2. The fourth-order valence-corrected chi connectivity index (χ4v) is 2.08. The molecule has 2 aromatic rings. The van der Waals surface area contributed by atoms with E-state index in [1.165, 1.54) is 5.56 Å². The molecule has 0 saturated carbocycles. The highest BCUT2D eigenvalue weighted by Gasteiger charge is 2.04. The van der Waals surface area contributed by atoms with Gasteiger partial charge in [0.25, 0.3) is 0 Å². The van der Waals surface area contributed by atoms with Gasteiger partial charge in [-0.25, -0.2) is 0 Å². The Morgan fingerprint density at radius 2 is 2.00 bits per heavy atom. The van der Waals surface area contributed by atoms with Crippen LogP contribution >= 0.6 is 0 Å². The van der Waals surface area contributed by atoms with Gasteiger partial charge in [-0.15, -0.1) is 0 Å². The van der Waals surface area contributed by atoms with Crippen LogP contribution in [-0.4, -0.2) is 23.4 Å². The topological polar surface area (TPSA) is 39.1 Å². The molecule has 19 heavy (non-hydrogen) atoms. The van der Waals surface area contributed by atoms with E-state index in [1.54, 1.807) is 7.11 Å². The molecule has 0 unspecified atom stereocenters. The van der Waals surface area contributed by atoms with Gasteiger partial charge in [-0.1, -0.05) is 19.1 Å². The fourth-order valence-electron chi connectivity index (χ4n) is 2.08. The summed E-state index contributed by atoms with van der Waals surface area (Å²) < 4.78 is 7.01. The number of rotatable bonds is 6. The molecule has 4 nitrogen and oxygen atoms in total. The molecule has 0 aliphatic heterocycles. The van der Waals surface area contributed by atoms with Gasteiger partial charge >= 0.3 is 0 Å². The third-order valence-corrected chi connectivity index (χ3v) is 3.13. The zero-order valence-electron chi connectivity index (χ0n) is 11.8. The molecule has 1 heterocycles. The summed E-state index contributed by atoms with van der Waals surface area (Å²) in [6, 6.07) is 8.20. The van der Waals surface area contributed by atoms with Gasteiger partial charge in [-0.05, 0) is 30.5 Å². The number of hydrogen-bond donors (Lipinski definition) is 1. The molecule has 4 heteroatoms. The molecule has 0 fully saturated rings. The highest BCUT2D eigenvalue weighted by atomic mass is 16.5. The van der Waals surface area contributed by atoms with Crippen molar-refractivity contribution in [2.75, 3.05) is 19.0 Å². The van der Waals surface area contributed by atoms with Crippen molar-refractivity contribution in [2.45, 2.75) is 19.8 Å². The average molecular weight is 259 g/mol. The number of nitrogens with one attached hydrogen (secondary N) is 1. The molecule has 1 aromatic heterocycles. The molecule has 0 radical (unpaired) electrons. The molecule has 0 bridgehead atoms. The first kappa shape index (κ1) is 13.5. The minimum Gasteiger partial charge on any atom is -0.497 e. The van der Waals surface area contributed by atoms with E-state index in [2.05, 4.69) is 29.5 Å². The van der Waals surface area contributed by atoms with Gasteiger partial charge in [-0.2, -0.15) is 5.10 Å². The van der Waals surface area contributed by atoms with Crippen LogP contribution < -0.4 is 10.1 Å². The Labute approximate surface area is 114 Å². The quantitative estimate of drug-likeness (QED) is 0.867. The van der Waals surface area contributed by atoms with Crippen LogP contribution in [0.15, 0.2) is 30.5 Å².